The summed E-state index contributed by atoms with van der Waals surface area (Å²) in [5, 5.41) is 14.2. The molecular weight excluding hydrogens is 242 g/mol. The molecule has 1 aromatic rings. The third-order valence-electron chi connectivity index (χ3n) is 2.42. The van der Waals surface area contributed by atoms with E-state index in [9.17, 15) is 4.79 Å². The van der Waals surface area contributed by atoms with Gasteiger partial charge in [0.2, 0.25) is 0 Å². The van der Waals surface area contributed by atoms with Crippen LogP contribution in [0.15, 0.2) is 35.7 Å². The predicted octanol–water partition coefficient (Wildman–Crippen LogP) is 1.85. The lowest BCUT2D eigenvalue weighted by atomic mass is 10.3. The number of hydrogen-bond donors (Lipinski definition) is 3. The Hall–Kier alpha value is -1.88. The van der Waals surface area contributed by atoms with E-state index in [0.717, 1.165) is 5.69 Å². The predicted molar refractivity (Wildman–Crippen MR) is 65.3 cm³/mol. The number of halogens is 1. The molecule has 1 aromatic carbocycles. The summed E-state index contributed by atoms with van der Waals surface area (Å²) in [6, 6.07) is 7.10. The van der Waals surface area contributed by atoms with Crippen molar-refractivity contribution in [3.05, 3.63) is 40.7 Å². The molecule has 0 bridgehead atoms. The molecule has 0 atom stereocenters. The van der Waals surface area contributed by atoms with Crippen molar-refractivity contribution in [3.63, 3.8) is 0 Å². The summed E-state index contributed by atoms with van der Waals surface area (Å²) in [4.78, 5) is 11.1. The first-order valence-electron chi connectivity index (χ1n) is 5.06. The van der Waals surface area contributed by atoms with Gasteiger partial charge in [0.15, 0.2) is 5.70 Å². The van der Waals surface area contributed by atoms with E-state index in [-0.39, 0.29) is 5.70 Å². The second kappa shape index (κ2) is 4.55. The van der Waals surface area contributed by atoms with E-state index >= 15 is 0 Å². The summed E-state index contributed by atoms with van der Waals surface area (Å²) in [5.41, 5.74) is 4.58. The number of hydrazine groups is 1. The Labute approximate surface area is 104 Å². The van der Waals surface area contributed by atoms with E-state index in [1.54, 1.807) is 25.1 Å². The fraction of sp³-hybridized carbons (Fsp3) is 0.182. The van der Waals surface area contributed by atoms with Crippen molar-refractivity contribution >= 4 is 23.3 Å². The van der Waals surface area contributed by atoms with Crippen LogP contribution in [0.1, 0.15) is 6.92 Å². The maximum Gasteiger partial charge on any atom is 0.355 e. The van der Waals surface area contributed by atoms with Gasteiger partial charge in [0.25, 0.3) is 0 Å². The van der Waals surface area contributed by atoms with E-state index < -0.39 is 5.97 Å². The number of carbonyl (C=O) groups is 1. The summed E-state index contributed by atoms with van der Waals surface area (Å²) in [5.74, 6) is -0.970. The largest absolute Gasteiger partial charge is 0.476 e. The van der Waals surface area contributed by atoms with Crippen molar-refractivity contribution in [1.29, 1.82) is 0 Å². The highest BCUT2D eigenvalue weighted by Gasteiger charge is 2.25. The number of nitrogens with zero attached hydrogens (tertiary/aromatic N) is 1. The van der Waals surface area contributed by atoms with Crippen LogP contribution in [0.3, 0.4) is 0 Å². The van der Waals surface area contributed by atoms with Crippen LogP contribution in [0.5, 0.6) is 0 Å². The number of anilines is 1. The minimum Gasteiger partial charge on any atom is -0.476 e. The molecule has 90 valence electrons. The summed E-state index contributed by atoms with van der Waals surface area (Å²) in [7, 11) is 0. The van der Waals surface area contributed by atoms with Crippen LogP contribution < -0.4 is 10.7 Å². The van der Waals surface area contributed by atoms with Crippen LogP contribution in [0.2, 0.25) is 5.02 Å². The van der Waals surface area contributed by atoms with Crippen molar-refractivity contribution in [2.45, 2.75) is 6.92 Å². The van der Waals surface area contributed by atoms with Crippen LogP contribution in [0, 0.1) is 0 Å². The number of nitrogens with one attached hydrogen (secondary N) is 2. The highest BCUT2D eigenvalue weighted by molar-refractivity contribution is 6.30. The van der Waals surface area contributed by atoms with Gasteiger partial charge in [-0.3, -0.25) is 10.4 Å². The molecule has 17 heavy (non-hydrogen) atoms. The number of hydrogen-bond acceptors (Lipinski definition) is 4. The maximum atomic E-state index is 11.1. The lowest BCUT2D eigenvalue weighted by Crippen LogP contribution is -2.32. The lowest BCUT2D eigenvalue weighted by Gasteiger charge is -2.21. The van der Waals surface area contributed by atoms with E-state index in [1.165, 1.54) is 5.01 Å². The zero-order valence-electron chi connectivity index (χ0n) is 9.20. The summed E-state index contributed by atoms with van der Waals surface area (Å²) in [6.07, 6.45) is 0. The molecule has 0 fully saturated rings. The molecule has 0 aromatic heterocycles. The number of allylic oxidation sites excluding steroid dienone is 1. The zero-order chi connectivity index (χ0) is 12.4. The maximum absolute atomic E-state index is 11.1. The monoisotopic (exact) mass is 253 g/mol. The second-order valence-electron chi connectivity index (χ2n) is 3.66. The van der Waals surface area contributed by atoms with Gasteiger partial charge in [-0.05, 0) is 25.1 Å². The van der Waals surface area contributed by atoms with Crippen LogP contribution in [0.4, 0.5) is 5.69 Å². The Kier molecular flexibility index (Phi) is 3.10. The summed E-state index contributed by atoms with van der Waals surface area (Å²) < 4.78 is 0. The third kappa shape index (κ3) is 2.45. The molecule has 1 heterocycles. The quantitative estimate of drug-likeness (QED) is 0.767. The van der Waals surface area contributed by atoms with Crippen LogP contribution in [-0.2, 0) is 4.79 Å². The lowest BCUT2D eigenvalue weighted by molar-refractivity contribution is -0.134. The molecule has 0 aliphatic carbocycles. The highest BCUT2D eigenvalue weighted by Crippen LogP contribution is 2.20. The SMILES string of the molecule is CC1=C(C(=O)O)N(Nc2cccc(Cl)c2)CN1. The van der Waals surface area contributed by atoms with E-state index in [2.05, 4.69) is 10.7 Å². The minimum atomic E-state index is -0.970. The third-order valence-corrected chi connectivity index (χ3v) is 2.65. The van der Waals surface area contributed by atoms with E-state index in [1.807, 2.05) is 6.07 Å². The Bertz CT molecular complexity index is 487. The Balaban J connectivity index is 2.18. The van der Waals surface area contributed by atoms with Crippen molar-refractivity contribution in [2.24, 2.45) is 0 Å². The summed E-state index contributed by atoms with van der Waals surface area (Å²) in [6.45, 7) is 2.13. The Morgan fingerprint density at radius 3 is 3.00 bits per heavy atom. The second-order valence-corrected chi connectivity index (χ2v) is 4.10. The molecule has 0 unspecified atom stereocenters. The van der Waals surface area contributed by atoms with Crippen molar-refractivity contribution in [3.8, 4) is 0 Å². The number of carboxylic acids is 1. The fourth-order valence-electron chi connectivity index (χ4n) is 1.65. The van der Waals surface area contributed by atoms with E-state index in [0.29, 0.717) is 17.4 Å². The molecule has 5 nitrogen and oxygen atoms in total. The van der Waals surface area contributed by atoms with Gasteiger partial charge in [0, 0.05) is 10.7 Å². The van der Waals surface area contributed by atoms with E-state index in [4.69, 9.17) is 16.7 Å². The number of aliphatic carboxylic acids is 1. The smallest absolute Gasteiger partial charge is 0.355 e. The molecule has 2 rings (SSSR count). The normalized spacial score (nSPS) is 14.8. The summed E-state index contributed by atoms with van der Waals surface area (Å²) >= 11 is 5.86. The molecule has 0 amide bonds. The molecular formula is C11H12ClN3O2. The van der Waals surface area contributed by atoms with Gasteiger partial charge in [0.05, 0.1) is 5.69 Å². The van der Waals surface area contributed by atoms with Crippen molar-refractivity contribution in [1.82, 2.24) is 10.3 Å². The molecule has 1 aliphatic rings. The van der Waals surface area contributed by atoms with Crippen LogP contribution in [0.25, 0.3) is 0 Å². The molecule has 0 saturated carbocycles. The van der Waals surface area contributed by atoms with Crippen LogP contribution >= 0.6 is 11.6 Å². The number of rotatable bonds is 3. The standard InChI is InChI=1S/C11H12ClN3O2/c1-7-10(11(16)17)15(6-13-7)14-9-4-2-3-8(12)5-9/h2-5,13-14H,6H2,1H3,(H,16,17). The highest BCUT2D eigenvalue weighted by atomic mass is 35.5. The molecule has 3 N–H and O–H groups in total. The Morgan fingerprint density at radius 1 is 1.59 bits per heavy atom. The topological polar surface area (TPSA) is 64.6 Å². The van der Waals surface area contributed by atoms with Gasteiger partial charge in [-0.15, -0.1) is 0 Å². The van der Waals surface area contributed by atoms with Gasteiger partial charge in [-0.1, -0.05) is 17.7 Å². The van der Waals surface area contributed by atoms with Gasteiger partial charge < -0.3 is 10.4 Å². The molecule has 1 aliphatic heterocycles. The molecule has 0 radical (unpaired) electrons. The first kappa shape index (κ1) is 11.6. The van der Waals surface area contributed by atoms with Crippen LogP contribution in [-0.4, -0.2) is 22.8 Å². The van der Waals surface area contributed by atoms with Gasteiger partial charge in [-0.2, -0.15) is 0 Å². The van der Waals surface area contributed by atoms with Gasteiger partial charge in [-0.25, -0.2) is 4.79 Å². The number of benzene rings is 1. The molecule has 6 heteroatoms. The molecule has 0 spiro atoms. The minimum absolute atomic E-state index is 0.213. The fourth-order valence-corrected chi connectivity index (χ4v) is 1.84. The first-order chi connectivity index (χ1) is 8.08. The Morgan fingerprint density at radius 2 is 2.35 bits per heavy atom. The number of carboxylic acid groups (broad SMARTS) is 1. The van der Waals surface area contributed by atoms with Crippen molar-refractivity contribution in [2.75, 3.05) is 12.1 Å². The zero-order valence-corrected chi connectivity index (χ0v) is 9.95. The van der Waals surface area contributed by atoms with Gasteiger partial charge >= 0.3 is 5.97 Å². The van der Waals surface area contributed by atoms with Crippen molar-refractivity contribution < 1.29 is 9.90 Å². The first-order valence-corrected chi connectivity index (χ1v) is 5.43. The average Bonchev–Trinajstić information content (AvgIpc) is 2.59. The van der Waals surface area contributed by atoms with Gasteiger partial charge in [0.1, 0.15) is 6.67 Å². The average molecular weight is 254 g/mol. The molecule has 0 saturated heterocycles.